The summed E-state index contributed by atoms with van der Waals surface area (Å²) in [6.45, 7) is 2.63. The summed E-state index contributed by atoms with van der Waals surface area (Å²) >= 11 is 6.14. The van der Waals surface area contributed by atoms with Crippen LogP contribution in [0.1, 0.15) is 22.7 Å². The SMILES string of the molecule is Cl.FC(F)(F)c1ccc(Cl)c(CN2CCNCC2c2ccncc2)c1. The summed E-state index contributed by atoms with van der Waals surface area (Å²) in [5.74, 6) is 0. The Kier molecular flexibility index (Phi) is 6.68. The molecule has 0 radical (unpaired) electrons. The lowest BCUT2D eigenvalue weighted by molar-refractivity contribution is -0.137. The van der Waals surface area contributed by atoms with Gasteiger partial charge in [0.25, 0.3) is 0 Å². The minimum absolute atomic E-state index is 0. The number of alkyl halides is 3. The molecule has 1 aliphatic rings. The number of halogens is 5. The minimum atomic E-state index is -4.37. The second kappa shape index (κ2) is 8.36. The van der Waals surface area contributed by atoms with E-state index in [1.54, 1.807) is 12.4 Å². The van der Waals surface area contributed by atoms with Crippen LogP contribution >= 0.6 is 24.0 Å². The van der Waals surface area contributed by atoms with Crippen molar-refractivity contribution in [2.24, 2.45) is 0 Å². The van der Waals surface area contributed by atoms with Gasteiger partial charge in [0, 0.05) is 49.6 Å². The Balaban J connectivity index is 0.00000225. The molecular formula is C17H18Cl2F3N3. The molecule has 2 aromatic rings. The van der Waals surface area contributed by atoms with Gasteiger partial charge in [0.1, 0.15) is 0 Å². The molecule has 1 atom stereocenters. The molecule has 0 spiro atoms. The van der Waals surface area contributed by atoms with E-state index in [4.69, 9.17) is 11.6 Å². The zero-order valence-corrected chi connectivity index (χ0v) is 14.8. The van der Waals surface area contributed by atoms with Gasteiger partial charge in [0.2, 0.25) is 0 Å². The van der Waals surface area contributed by atoms with E-state index in [9.17, 15) is 13.2 Å². The highest BCUT2D eigenvalue weighted by Crippen LogP contribution is 2.33. The number of pyridine rings is 1. The van der Waals surface area contributed by atoms with E-state index in [0.29, 0.717) is 17.1 Å². The van der Waals surface area contributed by atoms with E-state index in [-0.39, 0.29) is 18.4 Å². The summed E-state index contributed by atoms with van der Waals surface area (Å²) in [7, 11) is 0. The fourth-order valence-electron chi connectivity index (χ4n) is 2.94. The van der Waals surface area contributed by atoms with Gasteiger partial charge in [-0.2, -0.15) is 13.2 Å². The van der Waals surface area contributed by atoms with Crippen molar-refractivity contribution in [3.05, 3.63) is 64.4 Å². The fraction of sp³-hybridized carbons (Fsp3) is 0.353. The van der Waals surface area contributed by atoms with Gasteiger partial charge < -0.3 is 5.32 Å². The van der Waals surface area contributed by atoms with Gasteiger partial charge in [-0.1, -0.05) is 11.6 Å². The first-order valence-electron chi connectivity index (χ1n) is 7.65. The summed E-state index contributed by atoms with van der Waals surface area (Å²) in [4.78, 5) is 6.16. The second-order valence-corrected chi connectivity index (χ2v) is 6.18. The Labute approximate surface area is 155 Å². The molecule has 3 rings (SSSR count). The highest BCUT2D eigenvalue weighted by atomic mass is 35.5. The monoisotopic (exact) mass is 391 g/mol. The minimum Gasteiger partial charge on any atom is -0.314 e. The number of nitrogens with zero attached hydrogens (tertiary/aromatic N) is 2. The average molecular weight is 392 g/mol. The van der Waals surface area contributed by atoms with Gasteiger partial charge in [0.05, 0.1) is 5.56 Å². The van der Waals surface area contributed by atoms with Crippen LogP contribution in [0, 0.1) is 0 Å². The van der Waals surface area contributed by atoms with Crippen molar-refractivity contribution < 1.29 is 13.2 Å². The quantitative estimate of drug-likeness (QED) is 0.844. The Hall–Kier alpha value is -1.34. The summed E-state index contributed by atoms with van der Waals surface area (Å²) in [5.41, 5.74) is 0.908. The molecule has 8 heteroatoms. The van der Waals surface area contributed by atoms with Crippen molar-refractivity contribution in [3.8, 4) is 0 Å². The van der Waals surface area contributed by atoms with Gasteiger partial charge in [-0.25, -0.2) is 0 Å². The third-order valence-electron chi connectivity index (χ3n) is 4.19. The van der Waals surface area contributed by atoms with E-state index in [1.165, 1.54) is 6.07 Å². The molecule has 0 amide bonds. The smallest absolute Gasteiger partial charge is 0.314 e. The predicted octanol–water partition coefficient (Wildman–Crippen LogP) is 4.32. The van der Waals surface area contributed by atoms with E-state index in [0.717, 1.165) is 37.3 Å². The molecule has 1 unspecified atom stereocenters. The molecule has 0 aliphatic carbocycles. The summed E-state index contributed by atoms with van der Waals surface area (Å²) in [6.07, 6.45) is -0.925. The predicted molar refractivity (Wildman–Crippen MR) is 94.0 cm³/mol. The van der Waals surface area contributed by atoms with Crippen LogP contribution in [-0.2, 0) is 12.7 Å². The molecule has 3 nitrogen and oxygen atoms in total. The Morgan fingerprint density at radius 2 is 1.92 bits per heavy atom. The van der Waals surface area contributed by atoms with Gasteiger partial charge in [-0.15, -0.1) is 12.4 Å². The molecule has 1 aromatic carbocycles. The molecule has 1 N–H and O–H groups in total. The van der Waals surface area contributed by atoms with Crippen LogP contribution in [0.25, 0.3) is 0 Å². The van der Waals surface area contributed by atoms with E-state index < -0.39 is 11.7 Å². The normalized spacial score (nSPS) is 18.6. The number of piperazine rings is 1. The molecule has 1 saturated heterocycles. The molecule has 0 saturated carbocycles. The summed E-state index contributed by atoms with van der Waals surface area (Å²) in [6, 6.07) is 7.42. The number of benzene rings is 1. The van der Waals surface area contributed by atoms with Gasteiger partial charge in [-0.05, 0) is 41.5 Å². The summed E-state index contributed by atoms with van der Waals surface area (Å²) in [5, 5.41) is 3.68. The molecule has 136 valence electrons. The van der Waals surface area contributed by atoms with Crippen LogP contribution in [0.3, 0.4) is 0 Å². The van der Waals surface area contributed by atoms with Crippen molar-refractivity contribution in [1.82, 2.24) is 15.2 Å². The van der Waals surface area contributed by atoms with Crippen LogP contribution in [0.5, 0.6) is 0 Å². The van der Waals surface area contributed by atoms with E-state index in [1.807, 2.05) is 12.1 Å². The standard InChI is InChI=1S/C17H17ClF3N3.ClH/c18-15-2-1-14(17(19,20)21)9-13(15)11-24-8-7-23-10-16(24)12-3-5-22-6-4-12;/h1-6,9,16,23H,7-8,10-11H2;1H. The molecule has 1 aliphatic heterocycles. The largest absolute Gasteiger partial charge is 0.416 e. The zero-order valence-electron chi connectivity index (χ0n) is 13.3. The van der Waals surface area contributed by atoms with Crippen LogP contribution < -0.4 is 5.32 Å². The zero-order chi connectivity index (χ0) is 17.2. The molecular weight excluding hydrogens is 374 g/mol. The van der Waals surface area contributed by atoms with Crippen LogP contribution in [0.15, 0.2) is 42.7 Å². The topological polar surface area (TPSA) is 28.2 Å². The van der Waals surface area contributed by atoms with Crippen molar-refractivity contribution >= 4 is 24.0 Å². The van der Waals surface area contributed by atoms with Gasteiger partial charge >= 0.3 is 6.18 Å². The molecule has 2 heterocycles. The number of nitrogens with one attached hydrogen (secondary N) is 1. The number of hydrogen-bond acceptors (Lipinski definition) is 3. The number of hydrogen-bond donors (Lipinski definition) is 1. The highest BCUT2D eigenvalue weighted by Gasteiger charge is 2.31. The van der Waals surface area contributed by atoms with Crippen molar-refractivity contribution in [2.75, 3.05) is 19.6 Å². The lowest BCUT2D eigenvalue weighted by Gasteiger charge is -2.36. The Morgan fingerprint density at radius 3 is 2.60 bits per heavy atom. The van der Waals surface area contributed by atoms with Gasteiger partial charge in [-0.3, -0.25) is 9.88 Å². The number of rotatable bonds is 3. The second-order valence-electron chi connectivity index (χ2n) is 5.77. The lowest BCUT2D eigenvalue weighted by Crippen LogP contribution is -2.45. The molecule has 25 heavy (non-hydrogen) atoms. The van der Waals surface area contributed by atoms with Crippen molar-refractivity contribution in [2.45, 2.75) is 18.8 Å². The van der Waals surface area contributed by atoms with Crippen molar-refractivity contribution in [3.63, 3.8) is 0 Å². The average Bonchev–Trinajstić information content (AvgIpc) is 2.57. The van der Waals surface area contributed by atoms with E-state index >= 15 is 0 Å². The van der Waals surface area contributed by atoms with Crippen molar-refractivity contribution in [1.29, 1.82) is 0 Å². The van der Waals surface area contributed by atoms with Crippen LogP contribution in [0.2, 0.25) is 5.02 Å². The summed E-state index contributed by atoms with van der Waals surface area (Å²) < 4.78 is 38.8. The molecule has 1 aromatic heterocycles. The van der Waals surface area contributed by atoms with E-state index in [2.05, 4.69) is 15.2 Å². The van der Waals surface area contributed by atoms with Gasteiger partial charge in [0.15, 0.2) is 0 Å². The first kappa shape index (κ1) is 20.0. The maximum absolute atomic E-state index is 12.9. The number of aromatic nitrogens is 1. The fourth-order valence-corrected chi connectivity index (χ4v) is 3.12. The maximum atomic E-state index is 12.9. The third-order valence-corrected chi connectivity index (χ3v) is 4.56. The van der Waals surface area contributed by atoms with Crippen LogP contribution in [0.4, 0.5) is 13.2 Å². The highest BCUT2D eigenvalue weighted by molar-refractivity contribution is 6.31. The Bertz CT molecular complexity index is 695. The maximum Gasteiger partial charge on any atom is 0.416 e. The molecule has 0 bridgehead atoms. The Morgan fingerprint density at radius 1 is 1.20 bits per heavy atom. The lowest BCUT2D eigenvalue weighted by atomic mass is 10.0. The molecule has 1 fully saturated rings. The third kappa shape index (κ3) is 4.85. The first-order valence-corrected chi connectivity index (χ1v) is 8.03. The van der Waals surface area contributed by atoms with Crippen LogP contribution in [-0.4, -0.2) is 29.5 Å². The first-order chi connectivity index (χ1) is 11.4.